The number of ether oxygens (including phenoxy) is 4. The molecule has 266 valence electrons. The first-order valence-electron chi connectivity index (χ1n) is 16.8. The van der Waals surface area contributed by atoms with Gasteiger partial charge in [-0.2, -0.15) is 13.2 Å². The average molecular weight is 689 g/mol. The van der Waals surface area contributed by atoms with Crippen molar-refractivity contribution < 1.29 is 50.9 Å². The Labute approximate surface area is 284 Å². The lowest BCUT2D eigenvalue weighted by atomic mass is 10.0. The van der Waals surface area contributed by atoms with Crippen molar-refractivity contribution in [1.29, 1.82) is 0 Å². The average Bonchev–Trinajstić information content (AvgIpc) is 3.07. The number of unbranched alkanes of at least 4 members (excludes halogenated alkanes) is 7. The van der Waals surface area contributed by atoms with Crippen LogP contribution in [-0.2, 0) is 14.3 Å². The van der Waals surface area contributed by atoms with Gasteiger partial charge in [0.15, 0.2) is 6.10 Å². The quantitative estimate of drug-likeness (QED) is 0.0505. The minimum Gasteiger partial charge on any atom is -0.449 e. The molecule has 1 unspecified atom stereocenters. The van der Waals surface area contributed by atoms with Gasteiger partial charge in [0, 0.05) is 25.7 Å². The largest absolute Gasteiger partial charge is 0.449 e. The van der Waals surface area contributed by atoms with Crippen LogP contribution in [0.2, 0.25) is 0 Å². The predicted molar refractivity (Wildman–Crippen MR) is 177 cm³/mol. The molecule has 0 spiro atoms. The van der Waals surface area contributed by atoms with Crippen molar-refractivity contribution in [2.24, 2.45) is 0 Å². The molecule has 49 heavy (non-hydrogen) atoms. The molecular formula is C38H44F4O7. The number of carbonyl (C=O) groups is 3. The van der Waals surface area contributed by atoms with Gasteiger partial charge in [0.25, 0.3) is 0 Å². The van der Waals surface area contributed by atoms with Gasteiger partial charge in [0.1, 0.15) is 17.3 Å². The molecule has 0 saturated carbocycles. The number of carbonyl (C=O) groups excluding carboxylic acids is 3. The predicted octanol–water partition coefficient (Wildman–Crippen LogP) is 10.1. The molecule has 0 radical (unpaired) electrons. The van der Waals surface area contributed by atoms with Crippen LogP contribution in [0.4, 0.5) is 17.6 Å². The second-order valence-corrected chi connectivity index (χ2v) is 11.6. The molecule has 3 aromatic rings. The van der Waals surface area contributed by atoms with E-state index in [1.807, 2.05) is 0 Å². The molecule has 0 bridgehead atoms. The van der Waals surface area contributed by atoms with Gasteiger partial charge in [-0.15, -0.1) is 0 Å². The highest BCUT2D eigenvalue weighted by Crippen LogP contribution is 2.29. The molecule has 0 aliphatic heterocycles. The Kier molecular flexibility index (Phi) is 16.2. The third-order valence-electron chi connectivity index (χ3n) is 7.72. The second kappa shape index (κ2) is 20.3. The standard InChI is InChI=1S/C38H44F4O7/c1-3-5-6-7-8-9-10-11-14-35(43)47-30-21-19-28(20-22-30)27-15-17-29(18-16-27)36(44)48-31-23-24-32(33(39)26-31)37(45)49-34(38(40,41)42)13-12-25-46-4-2/h15-24,26,34H,3-14,25H2,1-2H3. The number of hydrogen-bond donors (Lipinski definition) is 0. The van der Waals surface area contributed by atoms with Gasteiger partial charge in [-0.25, -0.2) is 14.0 Å². The van der Waals surface area contributed by atoms with Gasteiger partial charge >= 0.3 is 24.1 Å². The van der Waals surface area contributed by atoms with Crippen molar-refractivity contribution in [3.05, 3.63) is 83.7 Å². The Bertz CT molecular complexity index is 1470. The number of benzene rings is 3. The Hall–Kier alpha value is -4.25. The zero-order valence-electron chi connectivity index (χ0n) is 28.0. The molecule has 7 nitrogen and oxygen atoms in total. The molecule has 0 fully saturated rings. The van der Waals surface area contributed by atoms with E-state index < -0.39 is 42.0 Å². The maximum absolute atomic E-state index is 14.7. The van der Waals surface area contributed by atoms with E-state index in [9.17, 15) is 31.9 Å². The van der Waals surface area contributed by atoms with Crippen molar-refractivity contribution in [3.8, 4) is 22.6 Å². The Balaban J connectivity index is 1.49. The molecule has 0 heterocycles. The van der Waals surface area contributed by atoms with E-state index >= 15 is 0 Å². The topological polar surface area (TPSA) is 88.1 Å². The summed E-state index contributed by atoms with van der Waals surface area (Å²) in [6, 6.07) is 16.1. The third kappa shape index (κ3) is 13.6. The minimum absolute atomic E-state index is 0.00741. The molecule has 11 heteroatoms. The van der Waals surface area contributed by atoms with Crippen LogP contribution >= 0.6 is 0 Å². The Morgan fingerprint density at radius 3 is 1.88 bits per heavy atom. The lowest BCUT2D eigenvalue weighted by molar-refractivity contribution is -0.206. The molecule has 0 aliphatic rings. The van der Waals surface area contributed by atoms with Gasteiger partial charge < -0.3 is 18.9 Å². The summed E-state index contributed by atoms with van der Waals surface area (Å²) in [5, 5.41) is 0. The molecule has 3 aromatic carbocycles. The van der Waals surface area contributed by atoms with Crippen molar-refractivity contribution in [2.75, 3.05) is 13.2 Å². The summed E-state index contributed by atoms with van der Waals surface area (Å²) in [5.74, 6) is -3.59. The van der Waals surface area contributed by atoms with E-state index in [-0.39, 0.29) is 30.3 Å². The summed E-state index contributed by atoms with van der Waals surface area (Å²) >= 11 is 0. The van der Waals surface area contributed by atoms with E-state index in [2.05, 4.69) is 11.7 Å². The fourth-order valence-electron chi connectivity index (χ4n) is 4.99. The van der Waals surface area contributed by atoms with Crippen molar-refractivity contribution in [2.45, 2.75) is 96.8 Å². The van der Waals surface area contributed by atoms with Gasteiger partial charge in [0.2, 0.25) is 0 Å². The summed E-state index contributed by atoms with van der Waals surface area (Å²) in [4.78, 5) is 37.2. The SMILES string of the molecule is CCCCCCCCCCC(=O)Oc1ccc(-c2ccc(C(=O)Oc3ccc(C(=O)OC(CCCOCC)C(F)(F)F)c(F)c3)cc2)cc1. The number of alkyl halides is 3. The number of rotatable bonds is 20. The lowest BCUT2D eigenvalue weighted by Gasteiger charge is -2.21. The molecule has 0 N–H and O–H groups in total. The van der Waals surface area contributed by atoms with Gasteiger partial charge in [-0.3, -0.25) is 4.79 Å². The molecule has 1 atom stereocenters. The highest BCUT2D eigenvalue weighted by atomic mass is 19.4. The summed E-state index contributed by atoms with van der Waals surface area (Å²) in [6.07, 6.45) is 1.70. The molecule has 0 saturated heterocycles. The number of hydrogen-bond acceptors (Lipinski definition) is 7. The molecule has 0 amide bonds. The van der Waals surface area contributed by atoms with Crippen LogP contribution in [0, 0.1) is 5.82 Å². The molecule has 0 aliphatic carbocycles. The van der Waals surface area contributed by atoms with Crippen LogP contribution in [0.3, 0.4) is 0 Å². The zero-order chi connectivity index (χ0) is 35.6. The number of halogens is 4. The van der Waals surface area contributed by atoms with Crippen LogP contribution in [-0.4, -0.2) is 43.4 Å². The van der Waals surface area contributed by atoms with E-state index in [0.717, 1.165) is 48.6 Å². The summed E-state index contributed by atoms with van der Waals surface area (Å²) in [7, 11) is 0. The van der Waals surface area contributed by atoms with E-state index in [1.165, 1.54) is 44.2 Å². The minimum atomic E-state index is -4.84. The summed E-state index contributed by atoms with van der Waals surface area (Å²) in [6.45, 7) is 4.28. The van der Waals surface area contributed by atoms with Gasteiger partial charge in [0.05, 0.1) is 11.1 Å². The maximum Gasteiger partial charge on any atom is 0.425 e. The first-order chi connectivity index (χ1) is 23.5. The number of esters is 3. The van der Waals surface area contributed by atoms with E-state index in [4.69, 9.17) is 14.2 Å². The van der Waals surface area contributed by atoms with Crippen molar-refractivity contribution in [1.82, 2.24) is 0 Å². The molecule has 0 aromatic heterocycles. The van der Waals surface area contributed by atoms with Crippen LogP contribution in [0.25, 0.3) is 11.1 Å². The lowest BCUT2D eigenvalue weighted by Crippen LogP contribution is -2.34. The Morgan fingerprint density at radius 1 is 0.694 bits per heavy atom. The second-order valence-electron chi connectivity index (χ2n) is 11.6. The molecular weight excluding hydrogens is 644 g/mol. The van der Waals surface area contributed by atoms with Crippen molar-refractivity contribution in [3.63, 3.8) is 0 Å². The Morgan fingerprint density at radius 2 is 1.29 bits per heavy atom. The summed E-state index contributed by atoms with van der Waals surface area (Å²) < 4.78 is 75.0. The first-order valence-corrected chi connectivity index (χ1v) is 16.8. The van der Waals surface area contributed by atoms with Crippen LogP contribution < -0.4 is 9.47 Å². The smallest absolute Gasteiger partial charge is 0.425 e. The zero-order valence-corrected chi connectivity index (χ0v) is 28.0. The van der Waals surface area contributed by atoms with Gasteiger partial charge in [-0.1, -0.05) is 76.1 Å². The summed E-state index contributed by atoms with van der Waals surface area (Å²) in [5.41, 5.74) is 1.01. The van der Waals surface area contributed by atoms with E-state index in [1.54, 1.807) is 43.3 Å². The van der Waals surface area contributed by atoms with Gasteiger partial charge in [-0.05, 0) is 73.7 Å². The fourth-order valence-corrected chi connectivity index (χ4v) is 4.99. The maximum atomic E-state index is 14.7. The van der Waals surface area contributed by atoms with Crippen LogP contribution in [0.1, 0.15) is 105 Å². The molecule has 3 rings (SSSR count). The fraction of sp³-hybridized carbons (Fsp3) is 0.447. The van der Waals surface area contributed by atoms with Crippen molar-refractivity contribution >= 4 is 17.9 Å². The highest BCUT2D eigenvalue weighted by Gasteiger charge is 2.42. The monoisotopic (exact) mass is 688 g/mol. The van der Waals surface area contributed by atoms with Crippen LogP contribution in [0.5, 0.6) is 11.5 Å². The van der Waals surface area contributed by atoms with Crippen LogP contribution in [0.15, 0.2) is 66.7 Å². The highest BCUT2D eigenvalue weighted by molar-refractivity contribution is 5.92. The third-order valence-corrected chi connectivity index (χ3v) is 7.72. The normalized spacial score (nSPS) is 12.0. The first kappa shape index (κ1) is 39.2. The van der Waals surface area contributed by atoms with E-state index in [0.29, 0.717) is 18.8 Å².